The topological polar surface area (TPSA) is 59.1 Å². The van der Waals surface area contributed by atoms with Crippen molar-refractivity contribution in [3.63, 3.8) is 0 Å². The van der Waals surface area contributed by atoms with E-state index < -0.39 is 0 Å². The molecule has 0 atom stereocenters. The maximum atomic E-state index is 6.03. The van der Waals surface area contributed by atoms with Crippen LogP contribution >= 0.6 is 11.6 Å². The minimum Gasteiger partial charge on any atom is -0.496 e. The highest BCUT2D eigenvalue weighted by Crippen LogP contribution is 2.19. The van der Waals surface area contributed by atoms with Gasteiger partial charge in [0, 0.05) is 29.7 Å². The van der Waals surface area contributed by atoms with E-state index in [1.807, 2.05) is 55.5 Å². The van der Waals surface area contributed by atoms with Gasteiger partial charge in [0.15, 0.2) is 0 Å². The van der Waals surface area contributed by atoms with E-state index in [-0.39, 0.29) is 0 Å². The van der Waals surface area contributed by atoms with Crippen LogP contribution in [0.15, 0.2) is 54.6 Å². The molecule has 5 nitrogen and oxygen atoms in total. The maximum absolute atomic E-state index is 6.03. The predicted octanol–water partition coefficient (Wildman–Crippen LogP) is 4.71. The van der Waals surface area contributed by atoms with Gasteiger partial charge in [-0.3, -0.25) is 0 Å². The van der Waals surface area contributed by atoms with Crippen LogP contribution < -0.4 is 15.4 Å². The number of anilines is 2. The number of rotatable bonds is 8. The van der Waals surface area contributed by atoms with Crippen LogP contribution in [-0.4, -0.2) is 23.6 Å². The summed E-state index contributed by atoms with van der Waals surface area (Å²) in [5, 5.41) is 7.46. The second-order valence-electron chi connectivity index (χ2n) is 6.16. The summed E-state index contributed by atoms with van der Waals surface area (Å²) in [5.74, 6) is 3.15. The lowest BCUT2D eigenvalue weighted by molar-refractivity contribution is 0.410. The summed E-state index contributed by atoms with van der Waals surface area (Å²) in [7, 11) is 1.68. The Morgan fingerprint density at radius 3 is 2.52 bits per heavy atom. The van der Waals surface area contributed by atoms with Gasteiger partial charge in [0.05, 0.1) is 7.11 Å². The molecule has 0 aliphatic heterocycles. The number of hydrogen-bond donors (Lipinski definition) is 2. The van der Waals surface area contributed by atoms with Crippen molar-refractivity contribution in [2.24, 2.45) is 0 Å². The molecule has 27 heavy (non-hydrogen) atoms. The fraction of sp³-hybridized carbons (Fsp3) is 0.238. The van der Waals surface area contributed by atoms with Gasteiger partial charge in [-0.15, -0.1) is 0 Å². The van der Waals surface area contributed by atoms with E-state index in [4.69, 9.17) is 16.3 Å². The summed E-state index contributed by atoms with van der Waals surface area (Å²) in [6, 6.07) is 17.7. The molecule has 140 valence electrons. The van der Waals surface area contributed by atoms with Gasteiger partial charge in [0.2, 0.25) is 0 Å². The number of nitrogens with one attached hydrogen (secondary N) is 2. The molecule has 0 fully saturated rings. The lowest BCUT2D eigenvalue weighted by atomic mass is 10.1. The SMILES string of the molecule is COc1ccccc1CNc1cc(NCCc2cccc(Cl)c2)nc(C)n1. The number of aryl methyl sites for hydroxylation is 1. The van der Waals surface area contributed by atoms with Gasteiger partial charge in [-0.1, -0.05) is 41.9 Å². The van der Waals surface area contributed by atoms with Crippen molar-refractivity contribution in [3.05, 3.63) is 76.6 Å². The van der Waals surface area contributed by atoms with E-state index in [1.165, 1.54) is 5.56 Å². The summed E-state index contributed by atoms with van der Waals surface area (Å²) in [6.07, 6.45) is 0.869. The first-order chi connectivity index (χ1) is 13.1. The molecular formula is C21H23ClN4O. The molecule has 0 saturated heterocycles. The molecule has 6 heteroatoms. The lowest BCUT2D eigenvalue weighted by Gasteiger charge is -2.12. The van der Waals surface area contributed by atoms with E-state index in [2.05, 4.69) is 26.7 Å². The van der Waals surface area contributed by atoms with Gasteiger partial charge < -0.3 is 15.4 Å². The van der Waals surface area contributed by atoms with E-state index in [0.717, 1.165) is 40.9 Å². The minimum absolute atomic E-state index is 0.627. The fourth-order valence-electron chi connectivity index (χ4n) is 2.81. The van der Waals surface area contributed by atoms with Crippen molar-refractivity contribution < 1.29 is 4.74 Å². The van der Waals surface area contributed by atoms with E-state index in [9.17, 15) is 0 Å². The smallest absolute Gasteiger partial charge is 0.132 e. The number of aromatic nitrogens is 2. The molecule has 0 aliphatic carbocycles. The van der Waals surface area contributed by atoms with E-state index >= 15 is 0 Å². The molecular weight excluding hydrogens is 360 g/mol. The summed E-state index contributed by atoms with van der Waals surface area (Å²) >= 11 is 6.03. The highest BCUT2D eigenvalue weighted by atomic mass is 35.5. The molecule has 0 aliphatic rings. The first kappa shape index (κ1) is 19.0. The Labute approximate surface area is 164 Å². The van der Waals surface area contributed by atoms with Gasteiger partial charge in [-0.05, 0) is 37.1 Å². The number of ether oxygens (including phenoxy) is 1. The minimum atomic E-state index is 0.627. The third-order valence-electron chi connectivity index (χ3n) is 4.10. The molecule has 1 aromatic heterocycles. The third-order valence-corrected chi connectivity index (χ3v) is 4.33. The van der Waals surface area contributed by atoms with Crippen molar-refractivity contribution in [2.45, 2.75) is 19.9 Å². The van der Waals surface area contributed by atoms with Gasteiger partial charge in [0.1, 0.15) is 23.2 Å². The van der Waals surface area contributed by atoms with Crippen LogP contribution in [0, 0.1) is 6.92 Å². The van der Waals surface area contributed by atoms with Gasteiger partial charge in [-0.25, -0.2) is 9.97 Å². The molecule has 0 bridgehead atoms. The average molecular weight is 383 g/mol. The first-order valence-corrected chi connectivity index (χ1v) is 9.21. The number of halogens is 1. The van der Waals surface area contributed by atoms with Crippen LogP contribution in [0.1, 0.15) is 17.0 Å². The summed E-state index contributed by atoms with van der Waals surface area (Å²) in [4.78, 5) is 8.92. The highest BCUT2D eigenvalue weighted by Gasteiger charge is 2.05. The molecule has 3 aromatic rings. The maximum Gasteiger partial charge on any atom is 0.132 e. The predicted molar refractivity (Wildman–Crippen MR) is 111 cm³/mol. The second-order valence-corrected chi connectivity index (χ2v) is 6.59. The van der Waals surface area contributed by atoms with Crippen LogP contribution in [0.4, 0.5) is 11.6 Å². The van der Waals surface area contributed by atoms with Crippen LogP contribution in [0.25, 0.3) is 0 Å². The molecule has 1 heterocycles. The molecule has 0 amide bonds. The van der Waals surface area contributed by atoms with E-state index in [1.54, 1.807) is 7.11 Å². The normalized spacial score (nSPS) is 10.5. The quantitative estimate of drug-likeness (QED) is 0.590. The molecule has 0 spiro atoms. The van der Waals surface area contributed by atoms with Crippen LogP contribution in [0.5, 0.6) is 5.75 Å². The fourth-order valence-corrected chi connectivity index (χ4v) is 3.02. The zero-order valence-corrected chi connectivity index (χ0v) is 16.3. The molecule has 2 N–H and O–H groups in total. The average Bonchev–Trinajstić information content (AvgIpc) is 2.66. The number of hydrogen-bond acceptors (Lipinski definition) is 5. The number of benzene rings is 2. The van der Waals surface area contributed by atoms with Gasteiger partial charge >= 0.3 is 0 Å². The Kier molecular flexibility index (Phi) is 6.49. The second kappa shape index (κ2) is 9.24. The lowest BCUT2D eigenvalue weighted by Crippen LogP contribution is -2.09. The van der Waals surface area contributed by atoms with Gasteiger partial charge in [-0.2, -0.15) is 0 Å². The molecule has 2 aromatic carbocycles. The van der Waals surface area contributed by atoms with Crippen molar-refractivity contribution in [1.29, 1.82) is 0 Å². The van der Waals surface area contributed by atoms with Gasteiger partial charge in [0.25, 0.3) is 0 Å². The van der Waals surface area contributed by atoms with Crippen LogP contribution in [0.3, 0.4) is 0 Å². The Hall–Kier alpha value is -2.79. The standard InChI is InChI=1S/C21H23ClN4O/c1-15-25-20(23-11-10-16-6-5-8-18(22)12-16)13-21(26-15)24-14-17-7-3-4-9-19(17)27-2/h3-9,12-13H,10-11,14H2,1-2H3,(H2,23,24,25,26). The van der Waals surface area contributed by atoms with Crippen molar-refractivity contribution in [1.82, 2.24) is 9.97 Å². The number of methoxy groups -OCH3 is 1. The van der Waals surface area contributed by atoms with E-state index in [0.29, 0.717) is 12.4 Å². The Morgan fingerprint density at radius 2 is 1.74 bits per heavy atom. The molecule has 0 saturated carbocycles. The van der Waals surface area contributed by atoms with Crippen molar-refractivity contribution in [2.75, 3.05) is 24.3 Å². The number of nitrogens with zero attached hydrogens (tertiary/aromatic N) is 2. The van der Waals surface area contributed by atoms with Crippen LogP contribution in [-0.2, 0) is 13.0 Å². The van der Waals surface area contributed by atoms with Crippen LogP contribution in [0.2, 0.25) is 5.02 Å². The third kappa shape index (κ3) is 5.59. The monoisotopic (exact) mass is 382 g/mol. The Morgan fingerprint density at radius 1 is 0.963 bits per heavy atom. The molecule has 3 rings (SSSR count). The van der Waals surface area contributed by atoms with Crippen molar-refractivity contribution >= 4 is 23.2 Å². The largest absolute Gasteiger partial charge is 0.496 e. The Balaban J connectivity index is 1.60. The zero-order valence-electron chi connectivity index (χ0n) is 15.5. The van der Waals surface area contributed by atoms with Crippen molar-refractivity contribution in [3.8, 4) is 5.75 Å². The summed E-state index contributed by atoms with van der Waals surface area (Å²) in [5.41, 5.74) is 2.27. The first-order valence-electron chi connectivity index (χ1n) is 8.84. The molecule has 0 radical (unpaired) electrons. The zero-order chi connectivity index (χ0) is 19.1. The highest BCUT2D eigenvalue weighted by molar-refractivity contribution is 6.30. The Bertz CT molecular complexity index is 901. The summed E-state index contributed by atoms with van der Waals surface area (Å²) < 4.78 is 5.39. The number of para-hydroxylation sites is 1. The summed E-state index contributed by atoms with van der Waals surface area (Å²) in [6.45, 7) is 3.28. The molecule has 0 unspecified atom stereocenters.